The second-order valence-electron chi connectivity index (χ2n) is 10.5. The van der Waals surface area contributed by atoms with Crippen molar-refractivity contribution in [2.45, 2.75) is 91.7 Å². The van der Waals surface area contributed by atoms with Crippen LogP contribution in [0.1, 0.15) is 78.1 Å². The molecule has 0 saturated carbocycles. The first-order valence-electron chi connectivity index (χ1n) is 16.1. The van der Waals surface area contributed by atoms with Gasteiger partial charge in [-0.05, 0) is 77.4 Å². The predicted octanol–water partition coefficient (Wildman–Crippen LogP) is 1.27. The third kappa shape index (κ3) is 33.4. The van der Waals surface area contributed by atoms with E-state index in [1.165, 1.54) is 0 Å². The van der Waals surface area contributed by atoms with Crippen LogP contribution in [-0.2, 0) is 23.9 Å². The Morgan fingerprint density at radius 2 is 1.00 bits per heavy atom. The number of halogens is 1. The molecule has 19 heteroatoms. The Morgan fingerprint density at radius 3 is 1.33 bits per heavy atom. The number of hydrogen-bond donors (Lipinski definition) is 8. The summed E-state index contributed by atoms with van der Waals surface area (Å²) in [4.78, 5) is 45.3. The standard InChI is InChI=1S/C16H25BN2O4.C14H21BN2O4.C2H6O.ClH.K.2H2O/c1-3-23-16(21)12-6-4-5-11-15(20)18-13-9-7-8-10-14(13)19-17(2)22;1-15(21)17-12-8-6-5-7-11(12)16-13(18)9-3-2-4-10-14(19)20;1-2-3;;;;/h7-10,19,22H,3-6,11-12H2,1-2H3,(H,18,20);5-8,17,21H,2-4,9-10H2,1H3,(H,16,18)(H,19,20);3H,2H2,1H3;1H;;2*1H2/q;;;;+1;;/p-1. The van der Waals surface area contributed by atoms with E-state index in [4.69, 9.17) is 14.9 Å². The fraction of sp³-hybridized carbons (Fsp3) is 0.500. The Kier molecular flexibility index (Phi) is 42.8. The van der Waals surface area contributed by atoms with Crippen molar-refractivity contribution in [3.8, 4) is 0 Å². The van der Waals surface area contributed by atoms with Crippen LogP contribution >= 0.6 is 12.4 Å². The first kappa shape index (κ1) is 58.1. The van der Waals surface area contributed by atoms with E-state index in [1.807, 2.05) is 18.2 Å². The number of para-hydroxylation sites is 4. The van der Waals surface area contributed by atoms with Gasteiger partial charge in [-0.15, -0.1) is 12.4 Å². The number of carboxylic acid groups (broad SMARTS) is 1. The number of amides is 2. The van der Waals surface area contributed by atoms with Crippen LogP contribution in [0, 0.1) is 0 Å². The molecule has 0 aliphatic carbocycles. The Bertz CT molecular complexity index is 1210. The number of aliphatic carboxylic acids is 1. The van der Waals surface area contributed by atoms with Crippen molar-refractivity contribution < 1.29 is 107 Å². The summed E-state index contributed by atoms with van der Waals surface area (Å²) in [7, 11) is -1.41. The smallest absolute Gasteiger partial charge is 0.870 e. The second-order valence-corrected chi connectivity index (χ2v) is 10.5. The quantitative estimate of drug-likeness (QED) is 0.0571. The fourth-order valence-electron chi connectivity index (χ4n) is 4.01. The molecular formula is C32H56B2ClKN4O11. The minimum atomic E-state index is -0.808. The van der Waals surface area contributed by atoms with E-state index >= 15 is 0 Å². The van der Waals surface area contributed by atoms with Gasteiger partial charge in [0.1, 0.15) is 0 Å². The molecule has 15 nitrogen and oxygen atoms in total. The summed E-state index contributed by atoms with van der Waals surface area (Å²) in [6, 6.07) is 14.4. The maximum absolute atomic E-state index is 12.0. The molecule has 0 spiro atoms. The maximum atomic E-state index is 12.0. The Balaban J connectivity index is -0.000000240. The van der Waals surface area contributed by atoms with Gasteiger partial charge in [0.15, 0.2) is 0 Å². The number of carbonyl (C=O) groups is 4. The molecular weight excluding hydrogens is 713 g/mol. The van der Waals surface area contributed by atoms with Crippen molar-refractivity contribution in [1.82, 2.24) is 0 Å². The van der Waals surface area contributed by atoms with Gasteiger partial charge in [-0.3, -0.25) is 19.2 Å². The molecule has 0 aromatic heterocycles. The van der Waals surface area contributed by atoms with Gasteiger partial charge in [0.25, 0.3) is 0 Å². The van der Waals surface area contributed by atoms with Crippen molar-refractivity contribution in [3.05, 3.63) is 48.5 Å². The van der Waals surface area contributed by atoms with Gasteiger partial charge in [-0.1, -0.05) is 37.1 Å². The van der Waals surface area contributed by atoms with Gasteiger partial charge in [0.05, 0.1) is 18.0 Å². The number of aliphatic hydroxyl groups excluding tert-OH is 1. The SMILES string of the molecule is CB(O)Nc1ccccc1NC(=O)CCCCCC(=O)O.CCO.CCOC(=O)CCCCCC(=O)Nc1ccccc1NB(C)O.Cl.O.[K+].[OH-]. The molecule has 2 aromatic rings. The number of esters is 1. The summed E-state index contributed by atoms with van der Waals surface area (Å²) in [6.07, 6.45) is 5.50. The van der Waals surface area contributed by atoms with Gasteiger partial charge >= 0.3 is 77.4 Å². The molecule has 0 radical (unpaired) electrons. The van der Waals surface area contributed by atoms with Crippen LogP contribution in [-0.4, -0.2) is 82.3 Å². The molecule has 0 bridgehead atoms. The summed E-state index contributed by atoms with van der Waals surface area (Å²) in [6.45, 7) is 7.33. The molecule has 0 aliphatic rings. The maximum Gasteiger partial charge on any atom is 1.00 e. The molecule has 2 amide bonds. The monoisotopic (exact) mass is 768 g/mol. The molecule has 2 aromatic carbocycles. The van der Waals surface area contributed by atoms with Crippen LogP contribution in [0.25, 0.3) is 0 Å². The van der Waals surface area contributed by atoms with Crippen LogP contribution in [0.2, 0.25) is 13.6 Å². The minimum absolute atomic E-state index is 0. The first-order chi connectivity index (χ1) is 22.4. The van der Waals surface area contributed by atoms with Gasteiger partial charge in [0.2, 0.25) is 11.8 Å². The number of anilines is 4. The third-order valence-corrected chi connectivity index (χ3v) is 6.02. The molecule has 0 saturated heterocycles. The van der Waals surface area contributed by atoms with E-state index in [2.05, 4.69) is 21.1 Å². The summed E-state index contributed by atoms with van der Waals surface area (Å²) in [5.41, 5.74) is 2.60. The normalized spacial score (nSPS) is 9.00. The Hall–Kier alpha value is -2.22. The number of unbranched alkanes of at least 4 members (excludes halogenated alkanes) is 4. The van der Waals surface area contributed by atoms with Crippen LogP contribution in [0.15, 0.2) is 48.5 Å². The van der Waals surface area contributed by atoms with Crippen LogP contribution in [0.4, 0.5) is 22.7 Å². The van der Waals surface area contributed by atoms with E-state index in [9.17, 15) is 29.2 Å². The zero-order valence-electron chi connectivity index (χ0n) is 30.4. The topological polar surface area (TPSA) is 268 Å². The van der Waals surface area contributed by atoms with E-state index in [0.717, 1.165) is 19.3 Å². The van der Waals surface area contributed by atoms with Crippen LogP contribution in [0.3, 0.4) is 0 Å². The number of aliphatic hydroxyl groups is 1. The number of benzene rings is 2. The van der Waals surface area contributed by atoms with E-state index in [0.29, 0.717) is 67.9 Å². The molecule has 0 heterocycles. The average Bonchev–Trinajstić information content (AvgIpc) is 2.99. The number of carbonyl (C=O) groups excluding carboxylic acids is 3. The van der Waals surface area contributed by atoms with Crippen molar-refractivity contribution in [2.75, 3.05) is 34.3 Å². The van der Waals surface area contributed by atoms with Crippen molar-refractivity contribution >= 4 is 73.0 Å². The fourth-order valence-corrected chi connectivity index (χ4v) is 4.01. The summed E-state index contributed by atoms with van der Waals surface area (Å²) >= 11 is 0. The molecule has 51 heavy (non-hydrogen) atoms. The first-order valence-corrected chi connectivity index (χ1v) is 16.1. The van der Waals surface area contributed by atoms with E-state index in [-0.39, 0.29) is 106 Å². The summed E-state index contributed by atoms with van der Waals surface area (Å²) in [5, 5.41) is 46.1. The van der Waals surface area contributed by atoms with Crippen LogP contribution in [0.5, 0.6) is 0 Å². The molecule has 2 rings (SSSR count). The van der Waals surface area contributed by atoms with Gasteiger partial charge in [0, 0.05) is 43.7 Å². The van der Waals surface area contributed by atoms with E-state index in [1.54, 1.807) is 57.8 Å². The van der Waals surface area contributed by atoms with E-state index < -0.39 is 20.1 Å². The number of hydrogen-bond acceptors (Lipinski definition) is 11. The number of carboxylic acids is 1. The Morgan fingerprint density at radius 1 is 0.667 bits per heavy atom. The number of ether oxygens (including phenoxy) is 1. The van der Waals surface area contributed by atoms with Gasteiger partial charge in [-0.25, -0.2) is 0 Å². The van der Waals surface area contributed by atoms with Crippen molar-refractivity contribution in [3.63, 3.8) is 0 Å². The number of nitrogens with one attached hydrogen (secondary N) is 4. The van der Waals surface area contributed by atoms with Crippen molar-refractivity contribution in [2.24, 2.45) is 0 Å². The largest absolute Gasteiger partial charge is 1.00 e. The minimum Gasteiger partial charge on any atom is -0.870 e. The Labute approximate surface area is 351 Å². The number of rotatable bonds is 19. The summed E-state index contributed by atoms with van der Waals surface area (Å²) < 4.78 is 4.85. The zero-order valence-corrected chi connectivity index (χ0v) is 34.4. The summed E-state index contributed by atoms with van der Waals surface area (Å²) in [5.74, 6) is -1.20. The van der Waals surface area contributed by atoms with Gasteiger partial charge in [-0.2, -0.15) is 0 Å². The average molecular weight is 769 g/mol. The molecule has 284 valence electrons. The molecule has 0 atom stereocenters. The third-order valence-electron chi connectivity index (χ3n) is 6.02. The molecule has 0 aliphatic heterocycles. The molecule has 0 unspecified atom stereocenters. The molecule has 11 N–H and O–H groups in total. The van der Waals surface area contributed by atoms with Gasteiger partial charge < -0.3 is 57.0 Å². The van der Waals surface area contributed by atoms with Crippen LogP contribution < -0.4 is 72.5 Å². The molecule has 0 fully saturated rings. The second kappa shape index (κ2) is 37.5. The van der Waals surface area contributed by atoms with Crippen molar-refractivity contribution in [1.29, 1.82) is 0 Å². The zero-order chi connectivity index (χ0) is 35.5. The predicted molar refractivity (Wildman–Crippen MR) is 201 cm³/mol.